The molecule has 3 aromatic rings. The predicted molar refractivity (Wildman–Crippen MR) is 125 cm³/mol. The van der Waals surface area contributed by atoms with Crippen LogP contribution in [0.2, 0.25) is 5.02 Å². The van der Waals surface area contributed by atoms with Gasteiger partial charge in [-0.2, -0.15) is 0 Å². The Morgan fingerprint density at radius 2 is 1.53 bits per heavy atom. The number of hydrogen-bond donors (Lipinski definition) is 1. The fourth-order valence-corrected chi connectivity index (χ4v) is 4.45. The van der Waals surface area contributed by atoms with Gasteiger partial charge in [-0.05, 0) is 65.8 Å². The van der Waals surface area contributed by atoms with E-state index >= 15 is 0 Å². The van der Waals surface area contributed by atoms with E-state index in [4.69, 9.17) is 11.6 Å². The van der Waals surface area contributed by atoms with Crippen molar-refractivity contribution < 1.29 is 9.28 Å². The number of nitrogens with one attached hydrogen (secondary N) is 1. The SMILES string of the molecule is C[N+](C)(CC1CCc2ccccc2C1)C(=O)Nc1ccc(-c2ccc(Cl)cc2)cc1. The minimum atomic E-state index is 0.0214. The number of fused-ring (bicyclic) bond motifs is 1. The van der Waals surface area contributed by atoms with E-state index in [1.807, 2.05) is 62.6 Å². The highest BCUT2D eigenvalue weighted by Crippen LogP contribution is 2.28. The zero-order chi connectivity index (χ0) is 21.1. The minimum absolute atomic E-state index is 0.0214. The number of quaternary nitrogens is 1. The van der Waals surface area contributed by atoms with Crippen LogP contribution in [0.3, 0.4) is 0 Å². The van der Waals surface area contributed by atoms with Crippen LogP contribution < -0.4 is 5.32 Å². The Morgan fingerprint density at radius 1 is 0.933 bits per heavy atom. The van der Waals surface area contributed by atoms with Crippen molar-refractivity contribution >= 4 is 23.3 Å². The minimum Gasteiger partial charge on any atom is -0.275 e. The number of anilines is 1. The van der Waals surface area contributed by atoms with E-state index in [0.717, 1.165) is 47.6 Å². The van der Waals surface area contributed by atoms with Gasteiger partial charge in [-0.15, -0.1) is 0 Å². The lowest BCUT2D eigenvalue weighted by molar-refractivity contribution is -0.810. The molecule has 0 heterocycles. The van der Waals surface area contributed by atoms with E-state index < -0.39 is 0 Å². The molecule has 2 amide bonds. The van der Waals surface area contributed by atoms with Crippen molar-refractivity contribution in [3.05, 3.63) is 88.9 Å². The molecule has 0 aromatic heterocycles. The smallest absolute Gasteiger partial charge is 0.275 e. The standard InChI is InChI=1S/C26H27ClN2O/c1-29(2,18-19-7-8-20-5-3-4-6-23(20)17-19)26(30)28-25-15-11-22(12-16-25)21-9-13-24(27)14-10-21/h3-6,9-16,19H,7-8,17-18H2,1-2H3/p+1. The Hall–Kier alpha value is -2.62. The monoisotopic (exact) mass is 419 g/mol. The number of urea groups is 1. The van der Waals surface area contributed by atoms with Crippen LogP contribution in [0.25, 0.3) is 11.1 Å². The van der Waals surface area contributed by atoms with E-state index in [1.54, 1.807) is 0 Å². The zero-order valence-electron chi connectivity index (χ0n) is 17.6. The molecule has 3 aromatic carbocycles. The maximum absolute atomic E-state index is 13.0. The molecule has 4 rings (SSSR count). The number of nitrogens with zero attached hydrogens (tertiary/aromatic N) is 1. The summed E-state index contributed by atoms with van der Waals surface area (Å²) in [7, 11) is 4.00. The molecule has 0 spiro atoms. The molecule has 0 radical (unpaired) electrons. The van der Waals surface area contributed by atoms with E-state index in [0.29, 0.717) is 10.4 Å². The van der Waals surface area contributed by atoms with Gasteiger partial charge in [0.15, 0.2) is 0 Å². The van der Waals surface area contributed by atoms with Crippen LogP contribution in [0.15, 0.2) is 72.8 Å². The van der Waals surface area contributed by atoms with Crippen LogP contribution in [-0.4, -0.2) is 31.2 Å². The fourth-order valence-electron chi connectivity index (χ4n) is 4.32. The second-order valence-electron chi connectivity index (χ2n) is 8.76. The summed E-state index contributed by atoms with van der Waals surface area (Å²) in [6.07, 6.45) is 3.30. The third kappa shape index (κ3) is 4.75. The largest absolute Gasteiger partial charge is 0.420 e. The number of amides is 2. The lowest BCUT2D eigenvalue weighted by Gasteiger charge is -2.33. The number of hydrogen-bond acceptors (Lipinski definition) is 1. The Kier molecular flexibility index (Phi) is 5.94. The lowest BCUT2D eigenvalue weighted by Crippen LogP contribution is -2.51. The van der Waals surface area contributed by atoms with Gasteiger partial charge in [0.2, 0.25) is 0 Å². The van der Waals surface area contributed by atoms with E-state index in [-0.39, 0.29) is 6.03 Å². The molecular weight excluding hydrogens is 392 g/mol. The van der Waals surface area contributed by atoms with Gasteiger partial charge in [0.1, 0.15) is 0 Å². The first-order valence-corrected chi connectivity index (χ1v) is 10.9. The first-order valence-electron chi connectivity index (χ1n) is 10.5. The van der Waals surface area contributed by atoms with Crippen LogP contribution in [0.5, 0.6) is 0 Å². The second kappa shape index (κ2) is 8.63. The Bertz CT molecular complexity index is 1030. The highest BCUT2D eigenvalue weighted by molar-refractivity contribution is 6.30. The van der Waals surface area contributed by atoms with Gasteiger partial charge >= 0.3 is 6.03 Å². The van der Waals surface area contributed by atoms with Gasteiger partial charge in [-0.25, -0.2) is 9.28 Å². The zero-order valence-corrected chi connectivity index (χ0v) is 18.3. The summed E-state index contributed by atoms with van der Waals surface area (Å²) < 4.78 is 0.325. The molecule has 1 N–H and O–H groups in total. The highest BCUT2D eigenvalue weighted by atomic mass is 35.5. The predicted octanol–water partition coefficient (Wildman–Crippen LogP) is 6.42. The number of aryl methyl sites for hydroxylation is 1. The summed E-state index contributed by atoms with van der Waals surface area (Å²) in [6, 6.07) is 24.4. The van der Waals surface area contributed by atoms with Crippen molar-refractivity contribution in [2.45, 2.75) is 19.3 Å². The van der Waals surface area contributed by atoms with Crippen LogP contribution in [0.4, 0.5) is 10.5 Å². The van der Waals surface area contributed by atoms with Crippen LogP contribution in [0.1, 0.15) is 17.5 Å². The molecule has 1 atom stereocenters. The van der Waals surface area contributed by atoms with Gasteiger partial charge < -0.3 is 0 Å². The maximum atomic E-state index is 13.0. The molecular formula is C26H28ClN2O+. The molecule has 3 nitrogen and oxygen atoms in total. The van der Waals surface area contributed by atoms with E-state index in [9.17, 15) is 4.79 Å². The third-order valence-electron chi connectivity index (χ3n) is 6.03. The molecule has 0 saturated carbocycles. The molecule has 0 bridgehead atoms. The molecule has 4 heteroatoms. The second-order valence-corrected chi connectivity index (χ2v) is 9.20. The van der Waals surface area contributed by atoms with Crippen LogP contribution in [-0.2, 0) is 12.8 Å². The molecule has 1 aliphatic rings. The summed E-state index contributed by atoms with van der Waals surface area (Å²) in [5.74, 6) is 0.521. The number of carbonyl (C=O) groups is 1. The van der Waals surface area contributed by atoms with Crippen molar-refractivity contribution in [3.63, 3.8) is 0 Å². The van der Waals surface area contributed by atoms with Gasteiger partial charge in [-0.3, -0.25) is 5.32 Å². The molecule has 0 aliphatic heterocycles. The number of halogens is 1. The summed E-state index contributed by atoms with van der Waals surface area (Å²) in [4.78, 5) is 13.0. The summed E-state index contributed by atoms with van der Waals surface area (Å²) in [6.45, 7) is 0.836. The molecule has 1 unspecified atom stereocenters. The summed E-state index contributed by atoms with van der Waals surface area (Å²) >= 11 is 5.97. The van der Waals surface area contributed by atoms with E-state index in [1.165, 1.54) is 11.1 Å². The van der Waals surface area contributed by atoms with Gasteiger partial charge in [0, 0.05) is 16.6 Å². The quantitative estimate of drug-likeness (QED) is 0.485. The van der Waals surface area contributed by atoms with Crippen molar-refractivity contribution in [1.29, 1.82) is 0 Å². The highest BCUT2D eigenvalue weighted by Gasteiger charge is 2.32. The summed E-state index contributed by atoms with van der Waals surface area (Å²) in [5, 5.41) is 3.82. The molecule has 0 saturated heterocycles. The fraction of sp³-hybridized carbons (Fsp3) is 0.269. The Morgan fingerprint density at radius 3 is 2.20 bits per heavy atom. The number of carbonyl (C=O) groups excluding carboxylic acids is 1. The summed E-state index contributed by atoms with van der Waals surface area (Å²) in [5.41, 5.74) is 5.92. The first-order chi connectivity index (χ1) is 14.4. The van der Waals surface area contributed by atoms with E-state index in [2.05, 4.69) is 29.6 Å². The van der Waals surface area contributed by atoms with Gasteiger partial charge in [0.25, 0.3) is 0 Å². The normalized spacial score (nSPS) is 16.0. The third-order valence-corrected chi connectivity index (χ3v) is 6.28. The molecule has 0 fully saturated rings. The van der Waals surface area contributed by atoms with Crippen molar-refractivity contribution in [3.8, 4) is 11.1 Å². The Labute approximate surface area is 183 Å². The maximum Gasteiger partial charge on any atom is 0.420 e. The lowest BCUT2D eigenvalue weighted by atomic mass is 9.83. The van der Waals surface area contributed by atoms with Crippen molar-refractivity contribution in [2.24, 2.45) is 5.92 Å². The average Bonchev–Trinajstić information content (AvgIpc) is 2.74. The number of benzene rings is 3. The Balaban J connectivity index is 1.38. The van der Waals surface area contributed by atoms with Gasteiger partial charge in [0.05, 0.1) is 20.6 Å². The van der Waals surface area contributed by atoms with Crippen LogP contribution >= 0.6 is 11.6 Å². The van der Waals surface area contributed by atoms with Crippen LogP contribution in [0, 0.1) is 5.92 Å². The molecule has 30 heavy (non-hydrogen) atoms. The molecule has 154 valence electrons. The van der Waals surface area contributed by atoms with Crippen molar-refractivity contribution in [1.82, 2.24) is 0 Å². The number of rotatable bonds is 4. The van der Waals surface area contributed by atoms with Gasteiger partial charge in [-0.1, -0.05) is 60.1 Å². The topological polar surface area (TPSA) is 29.1 Å². The van der Waals surface area contributed by atoms with Crippen molar-refractivity contribution in [2.75, 3.05) is 26.0 Å². The molecule has 1 aliphatic carbocycles. The first kappa shape index (κ1) is 20.6. The average molecular weight is 420 g/mol.